The molecule has 1 aromatic carbocycles. The molecule has 6 aromatic rings. The molecule has 3 N–H and O–H groups in total. The van der Waals surface area contributed by atoms with Crippen molar-refractivity contribution in [3.63, 3.8) is 0 Å². The molecular formula is C23H15N5OS. The fourth-order valence-electron chi connectivity index (χ4n) is 3.80. The molecule has 6 rings (SSSR count). The summed E-state index contributed by atoms with van der Waals surface area (Å²) in [6, 6.07) is 14.2. The number of hydrogen-bond acceptors (Lipinski definition) is 5. The molecule has 0 unspecified atom stereocenters. The van der Waals surface area contributed by atoms with Crippen molar-refractivity contribution in [3.05, 3.63) is 71.8 Å². The summed E-state index contributed by atoms with van der Waals surface area (Å²) >= 11 is 1.69. The Morgan fingerprint density at radius 1 is 0.900 bits per heavy atom. The van der Waals surface area contributed by atoms with Crippen LogP contribution in [0.25, 0.3) is 55.6 Å². The van der Waals surface area contributed by atoms with E-state index in [4.69, 9.17) is 0 Å². The monoisotopic (exact) mass is 409 g/mol. The van der Waals surface area contributed by atoms with Crippen LogP contribution in [0.3, 0.4) is 0 Å². The van der Waals surface area contributed by atoms with E-state index >= 15 is 0 Å². The SMILES string of the molecule is Oc1cncc(-c2cnc3[nH]nc(-c4cc5c(-c6ccsc6)cccc5[nH]4)c3c2)c1. The number of pyridine rings is 2. The van der Waals surface area contributed by atoms with Crippen LogP contribution in [0.15, 0.2) is 71.8 Å². The van der Waals surface area contributed by atoms with Crippen molar-refractivity contribution in [3.8, 4) is 39.4 Å². The van der Waals surface area contributed by atoms with E-state index in [-0.39, 0.29) is 5.75 Å². The predicted octanol–water partition coefficient (Wildman–Crippen LogP) is 5.60. The van der Waals surface area contributed by atoms with E-state index in [0.717, 1.165) is 38.8 Å². The van der Waals surface area contributed by atoms with Crippen LogP contribution >= 0.6 is 11.3 Å². The Morgan fingerprint density at radius 2 is 1.83 bits per heavy atom. The van der Waals surface area contributed by atoms with E-state index in [0.29, 0.717) is 5.65 Å². The van der Waals surface area contributed by atoms with E-state index in [9.17, 15) is 5.11 Å². The zero-order valence-electron chi connectivity index (χ0n) is 15.6. The summed E-state index contributed by atoms with van der Waals surface area (Å²) in [7, 11) is 0. The van der Waals surface area contributed by atoms with Gasteiger partial charge in [-0.15, -0.1) is 0 Å². The highest BCUT2D eigenvalue weighted by Crippen LogP contribution is 2.35. The smallest absolute Gasteiger partial charge is 0.155 e. The molecule has 0 saturated carbocycles. The lowest BCUT2D eigenvalue weighted by atomic mass is 10.0. The summed E-state index contributed by atoms with van der Waals surface area (Å²) < 4.78 is 0. The Balaban J connectivity index is 1.52. The standard InChI is InChI=1S/C23H15N5OS/c29-16-6-14(9-24-11-16)15-7-19-22(27-28-23(19)25-10-15)21-8-18-17(13-4-5-30-12-13)2-1-3-20(18)26-21/h1-12,26,29H,(H,25,27,28). The number of aromatic hydroxyl groups is 1. The van der Waals surface area contributed by atoms with Gasteiger partial charge in [0.25, 0.3) is 0 Å². The first-order valence-corrected chi connectivity index (χ1v) is 10.3. The van der Waals surface area contributed by atoms with Gasteiger partial charge < -0.3 is 10.1 Å². The average molecular weight is 409 g/mol. The highest BCUT2D eigenvalue weighted by molar-refractivity contribution is 7.08. The normalized spacial score (nSPS) is 11.5. The molecule has 0 bridgehead atoms. The van der Waals surface area contributed by atoms with Crippen molar-refractivity contribution in [1.29, 1.82) is 0 Å². The number of aromatic amines is 2. The third-order valence-electron chi connectivity index (χ3n) is 5.23. The number of benzene rings is 1. The Bertz CT molecular complexity index is 1510. The molecule has 0 atom stereocenters. The van der Waals surface area contributed by atoms with Crippen molar-refractivity contribution in [2.45, 2.75) is 0 Å². The first-order valence-electron chi connectivity index (χ1n) is 9.39. The minimum Gasteiger partial charge on any atom is -0.506 e. The highest BCUT2D eigenvalue weighted by Gasteiger charge is 2.15. The Morgan fingerprint density at radius 3 is 2.70 bits per heavy atom. The van der Waals surface area contributed by atoms with Gasteiger partial charge in [-0.3, -0.25) is 10.1 Å². The molecule has 144 valence electrons. The van der Waals surface area contributed by atoms with E-state index in [2.05, 4.69) is 66.2 Å². The van der Waals surface area contributed by atoms with Crippen LogP contribution in [0, 0.1) is 0 Å². The first-order chi connectivity index (χ1) is 14.8. The Kier molecular flexibility index (Phi) is 3.69. The van der Waals surface area contributed by atoms with Gasteiger partial charge in [0.15, 0.2) is 5.65 Å². The molecular weight excluding hydrogens is 394 g/mol. The fraction of sp³-hybridized carbons (Fsp3) is 0. The summed E-state index contributed by atoms with van der Waals surface area (Å²) in [5.74, 6) is 0.122. The minimum absolute atomic E-state index is 0.122. The van der Waals surface area contributed by atoms with Gasteiger partial charge in [0.05, 0.1) is 11.9 Å². The molecule has 7 heteroatoms. The quantitative estimate of drug-likeness (QED) is 0.355. The summed E-state index contributed by atoms with van der Waals surface area (Å²) in [6.07, 6.45) is 4.87. The summed E-state index contributed by atoms with van der Waals surface area (Å²) in [6.45, 7) is 0. The molecule has 6 nitrogen and oxygen atoms in total. The number of hydrogen-bond donors (Lipinski definition) is 3. The molecule has 30 heavy (non-hydrogen) atoms. The zero-order valence-corrected chi connectivity index (χ0v) is 16.4. The second-order valence-electron chi connectivity index (χ2n) is 7.09. The lowest BCUT2D eigenvalue weighted by Gasteiger charge is -2.02. The van der Waals surface area contributed by atoms with Gasteiger partial charge in [-0.05, 0) is 52.2 Å². The zero-order chi connectivity index (χ0) is 20.1. The molecule has 0 spiro atoms. The van der Waals surface area contributed by atoms with Gasteiger partial charge in [-0.1, -0.05) is 12.1 Å². The maximum atomic E-state index is 9.76. The molecule has 0 aliphatic rings. The molecule has 0 amide bonds. The first kappa shape index (κ1) is 16.9. The van der Waals surface area contributed by atoms with Crippen LogP contribution in [0.1, 0.15) is 0 Å². The average Bonchev–Trinajstić information content (AvgIpc) is 3.51. The lowest BCUT2D eigenvalue weighted by molar-refractivity contribution is 0.473. The van der Waals surface area contributed by atoms with Crippen molar-refractivity contribution < 1.29 is 5.11 Å². The van der Waals surface area contributed by atoms with E-state index in [1.165, 1.54) is 17.3 Å². The van der Waals surface area contributed by atoms with Crippen molar-refractivity contribution in [2.75, 3.05) is 0 Å². The number of aromatic nitrogens is 5. The van der Waals surface area contributed by atoms with Gasteiger partial charge in [-0.2, -0.15) is 16.4 Å². The van der Waals surface area contributed by atoms with Crippen LogP contribution in [0.4, 0.5) is 0 Å². The van der Waals surface area contributed by atoms with Crippen LogP contribution < -0.4 is 0 Å². The maximum absolute atomic E-state index is 9.76. The van der Waals surface area contributed by atoms with Gasteiger partial charge in [0, 0.05) is 39.8 Å². The van der Waals surface area contributed by atoms with Crippen LogP contribution in [0.2, 0.25) is 0 Å². The molecule has 0 fully saturated rings. The number of nitrogens with zero attached hydrogens (tertiary/aromatic N) is 3. The molecule has 0 aliphatic carbocycles. The highest BCUT2D eigenvalue weighted by atomic mass is 32.1. The molecule has 0 aliphatic heterocycles. The van der Waals surface area contributed by atoms with Crippen molar-refractivity contribution in [2.24, 2.45) is 0 Å². The summed E-state index contributed by atoms with van der Waals surface area (Å²) in [5, 5.41) is 23.6. The minimum atomic E-state index is 0.122. The number of nitrogens with one attached hydrogen (secondary N) is 2. The van der Waals surface area contributed by atoms with Gasteiger partial charge in [0.2, 0.25) is 0 Å². The Labute approximate surface area is 174 Å². The second kappa shape index (κ2) is 6.53. The van der Waals surface area contributed by atoms with Crippen molar-refractivity contribution >= 4 is 33.3 Å². The number of fused-ring (bicyclic) bond motifs is 2. The molecule has 5 heterocycles. The van der Waals surface area contributed by atoms with Crippen LogP contribution in [0.5, 0.6) is 5.75 Å². The topological polar surface area (TPSA) is 90.5 Å². The molecule has 0 radical (unpaired) electrons. The van der Waals surface area contributed by atoms with Gasteiger partial charge in [0.1, 0.15) is 11.4 Å². The van der Waals surface area contributed by atoms with E-state index in [1.807, 2.05) is 6.07 Å². The molecule has 0 saturated heterocycles. The van der Waals surface area contributed by atoms with Crippen LogP contribution in [-0.2, 0) is 0 Å². The third kappa shape index (κ3) is 2.67. The lowest BCUT2D eigenvalue weighted by Crippen LogP contribution is -1.84. The number of thiophene rings is 1. The van der Waals surface area contributed by atoms with Gasteiger partial charge >= 0.3 is 0 Å². The van der Waals surface area contributed by atoms with Crippen molar-refractivity contribution in [1.82, 2.24) is 25.1 Å². The predicted molar refractivity (Wildman–Crippen MR) is 119 cm³/mol. The van der Waals surface area contributed by atoms with E-state index in [1.54, 1.807) is 29.8 Å². The second-order valence-corrected chi connectivity index (χ2v) is 7.87. The van der Waals surface area contributed by atoms with Crippen LogP contribution in [-0.4, -0.2) is 30.3 Å². The maximum Gasteiger partial charge on any atom is 0.155 e. The third-order valence-corrected chi connectivity index (χ3v) is 5.91. The van der Waals surface area contributed by atoms with Gasteiger partial charge in [-0.25, -0.2) is 4.98 Å². The summed E-state index contributed by atoms with van der Waals surface area (Å²) in [5.41, 5.74) is 7.57. The number of rotatable bonds is 3. The summed E-state index contributed by atoms with van der Waals surface area (Å²) in [4.78, 5) is 12.1. The largest absolute Gasteiger partial charge is 0.506 e. The fourth-order valence-corrected chi connectivity index (χ4v) is 4.46. The Hall–Kier alpha value is -3.97. The van der Waals surface area contributed by atoms with E-state index < -0.39 is 0 Å². The number of H-pyrrole nitrogens is 2. The molecule has 5 aromatic heterocycles.